The van der Waals surface area contributed by atoms with Crippen LogP contribution < -0.4 is 5.32 Å². The molecule has 2 rings (SSSR count). The molecule has 2 aromatic rings. The Morgan fingerprint density at radius 2 is 1.71 bits per heavy atom. The lowest BCUT2D eigenvalue weighted by Crippen LogP contribution is -2.23. The van der Waals surface area contributed by atoms with Crippen LogP contribution in [0.25, 0.3) is 0 Å². The van der Waals surface area contributed by atoms with Gasteiger partial charge in [0.05, 0.1) is 0 Å². The number of hydrogen-bond donors (Lipinski definition) is 1. The number of carbonyl (C=O) groups is 1. The Kier molecular flexibility index (Phi) is 6.25. The fourth-order valence-corrected chi connectivity index (χ4v) is 2.86. The summed E-state index contributed by atoms with van der Waals surface area (Å²) < 4.78 is 26.2. The van der Waals surface area contributed by atoms with Crippen LogP contribution in [0, 0.1) is 25.5 Å². The second-order valence-electron chi connectivity index (χ2n) is 5.41. The van der Waals surface area contributed by atoms with Crippen molar-refractivity contribution >= 4 is 17.7 Å². The Morgan fingerprint density at radius 1 is 1.12 bits per heavy atom. The lowest BCUT2D eigenvalue weighted by Gasteiger charge is -2.10. The molecule has 1 aromatic carbocycles. The van der Waals surface area contributed by atoms with Crippen LogP contribution in [-0.2, 0) is 17.8 Å². The Bertz CT molecular complexity index is 709. The van der Waals surface area contributed by atoms with Crippen molar-refractivity contribution in [3.8, 4) is 0 Å². The second-order valence-corrected chi connectivity index (χ2v) is 6.19. The maximum Gasteiger partial charge on any atom is 0.220 e. The van der Waals surface area contributed by atoms with Crippen molar-refractivity contribution in [1.29, 1.82) is 0 Å². The molecule has 1 heterocycles. The van der Waals surface area contributed by atoms with Gasteiger partial charge in [-0.25, -0.2) is 18.7 Å². The minimum atomic E-state index is -0.656. The normalized spacial score (nSPS) is 10.7. The molecular formula is C17H19F2N3OS. The van der Waals surface area contributed by atoms with E-state index in [9.17, 15) is 13.6 Å². The van der Waals surface area contributed by atoms with Crippen molar-refractivity contribution in [2.75, 3.05) is 6.26 Å². The van der Waals surface area contributed by atoms with Gasteiger partial charge in [-0.2, -0.15) is 0 Å². The number of carbonyl (C=O) groups excluding carboxylic acids is 1. The molecule has 7 heteroatoms. The summed E-state index contributed by atoms with van der Waals surface area (Å²) in [5.74, 6) is -1.50. The average molecular weight is 351 g/mol. The molecule has 0 aliphatic heterocycles. The molecule has 128 valence electrons. The van der Waals surface area contributed by atoms with Gasteiger partial charge in [0.15, 0.2) is 5.16 Å². The Labute approximate surface area is 144 Å². The van der Waals surface area contributed by atoms with Crippen molar-refractivity contribution in [1.82, 2.24) is 15.3 Å². The lowest BCUT2D eigenvalue weighted by molar-refractivity contribution is -0.121. The van der Waals surface area contributed by atoms with Gasteiger partial charge in [-0.3, -0.25) is 4.79 Å². The number of halogens is 2. The van der Waals surface area contributed by atoms with E-state index in [4.69, 9.17) is 0 Å². The van der Waals surface area contributed by atoms with Gasteiger partial charge in [-0.15, -0.1) is 0 Å². The molecule has 1 N–H and O–H groups in total. The van der Waals surface area contributed by atoms with Crippen LogP contribution in [0.1, 0.15) is 28.9 Å². The van der Waals surface area contributed by atoms with Crippen molar-refractivity contribution in [3.05, 3.63) is 52.3 Å². The van der Waals surface area contributed by atoms with E-state index in [-0.39, 0.29) is 18.9 Å². The fourth-order valence-electron chi connectivity index (χ4n) is 2.40. The van der Waals surface area contributed by atoms with Crippen LogP contribution in [0.4, 0.5) is 8.78 Å². The molecule has 0 spiro atoms. The third-order valence-corrected chi connectivity index (χ3v) is 4.14. The number of amides is 1. The molecule has 0 unspecified atom stereocenters. The molecule has 0 atom stereocenters. The maximum absolute atomic E-state index is 13.1. The number of aryl methyl sites for hydroxylation is 2. The molecular weight excluding hydrogens is 332 g/mol. The summed E-state index contributed by atoms with van der Waals surface area (Å²) in [6, 6.07) is 3.20. The summed E-state index contributed by atoms with van der Waals surface area (Å²) in [5, 5.41) is 3.38. The molecule has 0 saturated carbocycles. The summed E-state index contributed by atoms with van der Waals surface area (Å²) in [6.07, 6.45) is 2.70. The topological polar surface area (TPSA) is 54.9 Å². The highest BCUT2D eigenvalue weighted by Crippen LogP contribution is 2.17. The molecule has 24 heavy (non-hydrogen) atoms. The second kappa shape index (κ2) is 8.19. The predicted octanol–water partition coefficient (Wildman–Crippen LogP) is 3.34. The van der Waals surface area contributed by atoms with E-state index >= 15 is 0 Å². The van der Waals surface area contributed by atoms with E-state index < -0.39 is 11.6 Å². The first-order valence-electron chi connectivity index (χ1n) is 7.49. The van der Waals surface area contributed by atoms with Gasteiger partial charge >= 0.3 is 0 Å². The first-order chi connectivity index (χ1) is 11.4. The van der Waals surface area contributed by atoms with Crippen LogP contribution in [0.3, 0.4) is 0 Å². The Balaban J connectivity index is 1.92. The molecule has 0 radical (unpaired) electrons. The van der Waals surface area contributed by atoms with Crippen LogP contribution in [-0.4, -0.2) is 22.1 Å². The van der Waals surface area contributed by atoms with Crippen LogP contribution in [0.5, 0.6) is 0 Å². The van der Waals surface area contributed by atoms with Gasteiger partial charge in [0, 0.05) is 30.4 Å². The van der Waals surface area contributed by atoms with Gasteiger partial charge in [-0.05, 0) is 49.8 Å². The Morgan fingerprint density at radius 3 is 2.25 bits per heavy atom. The van der Waals surface area contributed by atoms with Gasteiger partial charge in [0.25, 0.3) is 0 Å². The van der Waals surface area contributed by atoms with E-state index in [0.717, 1.165) is 23.0 Å². The summed E-state index contributed by atoms with van der Waals surface area (Å²) >= 11 is 1.48. The minimum absolute atomic E-state index is 0.0907. The number of benzene rings is 1. The minimum Gasteiger partial charge on any atom is -0.352 e. The number of nitrogens with one attached hydrogen (secondary N) is 1. The number of aromatic nitrogens is 2. The Hall–Kier alpha value is -2.02. The van der Waals surface area contributed by atoms with Gasteiger partial charge in [0.2, 0.25) is 5.91 Å². The van der Waals surface area contributed by atoms with E-state index in [1.54, 1.807) is 0 Å². The molecule has 0 aliphatic rings. The van der Waals surface area contributed by atoms with E-state index in [1.165, 1.54) is 23.9 Å². The van der Waals surface area contributed by atoms with E-state index in [0.29, 0.717) is 17.1 Å². The van der Waals surface area contributed by atoms with Crippen molar-refractivity contribution in [3.63, 3.8) is 0 Å². The first kappa shape index (κ1) is 18.3. The van der Waals surface area contributed by atoms with Gasteiger partial charge in [-0.1, -0.05) is 11.8 Å². The van der Waals surface area contributed by atoms with Crippen LogP contribution >= 0.6 is 11.8 Å². The molecule has 0 saturated heterocycles. The number of nitrogens with zero attached hydrogens (tertiary/aromatic N) is 2. The largest absolute Gasteiger partial charge is 0.352 e. The summed E-state index contributed by atoms with van der Waals surface area (Å²) in [7, 11) is 0. The smallest absolute Gasteiger partial charge is 0.220 e. The molecule has 0 bridgehead atoms. The number of rotatable bonds is 6. The molecule has 1 aromatic heterocycles. The molecule has 4 nitrogen and oxygen atoms in total. The molecule has 0 fully saturated rings. The SMILES string of the molecule is CSc1nc(C)c(CCC(=O)NCc2cc(F)cc(F)c2)c(C)n1. The third-order valence-electron chi connectivity index (χ3n) is 3.60. The zero-order valence-electron chi connectivity index (χ0n) is 13.8. The zero-order valence-corrected chi connectivity index (χ0v) is 14.6. The van der Waals surface area contributed by atoms with Gasteiger partial charge < -0.3 is 5.32 Å². The molecule has 1 amide bonds. The number of hydrogen-bond acceptors (Lipinski definition) is 4. The zero-order chi connectivity index (χ0) is 17.7. The first-order valence-corrected chi connectivity index (χ1v) is 8.71. The average Bonchev–Trinajstić information content (AvgIpc) is 2.51. The standard InChI is InChI=1S/C17H19F2N3OS/c1-10-15(11(2)22-17(21-10)24-3)4-5-16(23)20-9-12-6-13(18)8-14(19)7-12/h6-8H,4-5,9H2,1-3H3,(H,20,23). The predicted molar refractivity (Wildman–Crippen MR) is 89.8 cm³/mol. The van der Waals surface area contributed by atoms with Crippen molar-refractivity contribution in [2.45, 2.75) is 38.4 Å². The fraction of sp³-hybridized carbons (Fsp3) is 0.353. The number of thioether (sulfide) groups is 1. The van der Waals surface area contributed by atoms with Gasteiger partial charge in [0.1, 0.15) is 11.6 Å². The highest BCUT2D eigenvalue weighted by molar-refractivity contribution is 7.98. The van der Waals surface area contributed by atoms with Crippen LogP contribution in [0.15, 0.2) is 23.4 Å². The highest BCUT2D eigenvalue weighted by atomic mass is 32.2. The van der Waals surface area contributed by atoms with Crippen molar-refractivity contribution < 1.29 is 13.6 Å². The summed E-state index contributed by atoms with van der Waals surface area (Å²) in [6.45, 7) is 3.89. The lowest BCUT2D eigenvalue weighted by atomic mass is 10.1. The van der Waals surface area contributed by atoms with Crippen LogP contribution in [0.2, 0.25) is 0 Å². The summed E-state index contributed by atoms with van der Waals surface area (Å²) in [5.41, 5.74) is 3.08. The van der Waals surface area contributed by atoms with E-state index in [2.05, 4.69) is 15.3 Å². The third kappa shape index (κ3) is 4.99. The molecule has 0 aliphatic carbocycles. The monoisotopic (exact) mass is 351 g/mol. The maximum atomic E-state index is 13.1. The van der Waals surface area contributed by atoms with Crippen molar-refractivity contribution in [2.24, 2.45) is 0 Å². The quantitative estimate of drug-likeness (QED) is 0.641. The van der Waals surface area contributed by atoms with E-state index in [1.807, 2.05) is 20.1 Å². The highest BCUT2D eigenvalue weighted by Gasteiger charge is 2.11. The summed E-state index contributed by atoms with van der Waals surface area (Å²) in [4.78, 5) is 20.7.